The van der Waals surface area contributed by atoms with Gasteiger partial charge in [-0.25, -0.2) is 9.59 Å². The van der Waals surface area contributed by atoms with Crippen molar-refractivity contribution in [2.75, 3.05) is 33.3 Å². The van der Waals surface area contributed by atoms with Gasteiger partial charge in [-0.2, -0.15) is 0 Å². The highest BCUT2D eigenvalue weighted by atomic mass is 16.5. The average molecular weight is 428 g/mol. The molecule has 9 heteroatoms. The van der Waals surface area contributed by atoms with Crippen LogP contribution < -0.4 is 14.4 Å². The van der Waals surface area contributed by atoms with E-state index in [0.717, 1.165) is 0 Å². The lowest BCUT2D eigenvalue weighted by Gasteiger charge is -2.48. The van der Waals surface area contributed by atoms with Crippen LogP contribution in [0.2, 0.25) is 0 Å². The summed E-state index contributed by atoms with van der Waals surface area (Å²) >= 11 is 0. The quantitative estimate of drug-likeness (QED) is 0.493. The van der Waals surface area contributed by atoms with Crippen LogP contribution in [0.1, 0.15) is 5.56 Å². The Morgan fingerprint density at radius 1 is 0.968 bits per heavy atom. The van der Waals surface area contributed by atoms with Crippen LogP contribution in [0, 0.1) is 0 Å². The van der Waals surface area contributed by atoms with Crippen molar-refractivity contribution in [1.82, 2.24) is 4.90 Å². The fraction of sp³-hybridized carbons (Fsp3) is 0.318. The lowest BCUT2D eigenvalue weighted by atomic mass is 9.91. The molecule has 0 aromatic heterocycles. The minimum absolute atomic E-state index is 0.0894. The Morgan fingerprint density at radius 3 is 2.26 bits per heavy atom. The number of hydrogen-bond acceptors (Lipinski definition) is 7. The molecule has 31 heavy (non-hydrogen) atoms. The fourth-order valence-corrected chi connectivity index (χ4v) is 3.57. The molecule has 1 aliphatic heterocycles. The summed E-state index contributed by atoms with van der Waals surface area (Å²) in [4.78, 5) is 40.8. The molecule has 0 radical (unpaired) electrons. The zero-order valence-corrected chi connectivity index (χ0v) is 17.7. The van der Waals surface area contributed by atoms with Crippen molar-refractivity contribution in [3.05, 3.63) is 54.1 Å². The Bertz CT molecular complexity index is 964. The number of benzene rings is 2. The van der Waals surface area contributed by atoms with E-state index in [4.69, 9.17) is 18.9 Å². The number of β-lactam (4-membered cyclic amide) rings is 1. The van der Waals surface area contributed by atoms with E-state index >= 15 is 0 Å². The lowest BCUT2D eigenvalue weighted by molar-refractivity contribution is -0.167. The van der Waals surface area contributed by atoms with Crippen molar-refractivity contribution in [3.8, 4) is 11.5 Å². The summed E-state index contributed by atoms with van der Waals surface area (Å²) in [6.45, 7) is 0.0894. The third kappa shape index (κ3) is 4.11. The van der Waals surface area contributed by atoms with Gasteiger partial charge in [-0.3, -0.25) is 9.69 Å². The summed E-state index contributed by atoms with van der Waals surface area (Å²) in [5, 5.41) is 0. The molecule has 1 aliphatic rings. The van der Waals surface area contributed by atoms with Gasteiger partial charge in [0.25, 0.3) is 0 Å². The maximum absolute atomic E-state index is 13.2. The number of anilines is 1. The fourth-order valence-electron chi connectivity index (χ4n) is 3.57. The molecular formula is C22H24N2O7. The Kier molecular flexibility index (Phi) is 6.64. The predicted molar refractivity (Wildman–Crippen MR) is 111 cm³/mol. The van der Waals surface area contributed by atoms with Crippen molar-refractivity contribution < 1.29 is 33.3 Å². The summed E-state index contributed by atoms with van der Waals surface area (Å²) < 4.78 is 20.4. The largest absolute Gasteiger partial charge is 0.497 e. The number of likely N-dealkylation sites (tertiary alicyclic amines) is 1. The van der Waals surface area contributed by atoms with Gasteiger partial charge in [0, 0.05) is 17.3 Å². The third-order valence-corrected chi connectivity index (χ3v) is 5.13. The van der Waals surface area contributed by atoms with Crippen LogP contribution in [0.15, 0.2) is 48.5 Å². The van der Waals surface area contributed by atoms with E-state index in [9.17, 15) is 14.4 Å². The molecule has 0 spiro atoms. The standard InChI is InChI=1S/C22H24N2O7/c1-28-16-11-10-14(17(12-16)29-2)13-23-19(21(26)30-3)18(20(23)25)24(22(27)31-4)15-8-6-5-7-9-15/h5-12,18-19H,13H2,1-4H3. The molecule has 2 unspecified atom stereocenters. The highest BCUT2D eigenvalue weighted by Gasteiger charge is 2.57. The highest BCUT2D eigenvalue weighted by molar-refractivity contribution is 6.07. The van der Waals surface area contributed by atoms with E-state index in [1.54, 1.807) is 48.5 Å². The second kappa shape index (κ2) is 9.38. The molecule has 1 heterocycles. The van der Waals surface area contributed by atoms with E-state index in [2.05, 4.69) is 0 Å². The average Bonchev–Trinajstić information content (AvgIpc) is 2.82. The number of carbonyl (C=O) groups is 3. The van der Waals surface area contributed by atoms with Gasteiger partial charge < -0.3 is 23.8 Å². The van der Waals surface area contributed by atoms with Gasteiger partial charge >= 0.3 is 12.1 Å². The summed E-state index contributed by atoms with van der Waals surface area (Å²) in [5.41, 5.74) is 1.11. The number of ether oxygens (including phenoxy) is 4. The van der Waals surface area contributed by atoms with Crippen molar-refractivity contribution in [3.63, 3.8) is 0 Å². The zero-order valence-electron chi connectivity index (χ0n) is 17.7. The molecule has 0 N–H and O–H groups in total. The minimum Gasteiger partial charge on any atom is -0.497 e. The number of para-hydroxylation sites is 1. The first kappa shape index (κ1) is 21.9. The highest BCUT2D eigenvalue weighted by Crippen LogP contribution is 2.34. The first-order valence-electron chi connectivity index (χ1n) is 9.48. The second-order valence-corrected chi connectivity index (χ2v) is 6.73. The van der Waals surface area contributed by atoms with Crippen molar-refractivity contribution >= 4 is 23.7 Å². The topological polar surface area (TPSA) is 94.6 Å². The number of esters is 1. The van der Waals surface area contributed by atoms with Crippen LogP contribution in [0.4, 0.5) is 10.5 Å². The molecule has 1 saturated heterocycles. The summed E-state index contributed by atoms with van der Waals surface area (Å²) in [6, 6.07) is 11.6. The van der Waals surface area contributed by atoms with Crippen LogP contribution in [-0.4, -0.2) is 63.4 Å². The Morgan fingerprint density at radius 2 is 1.68 bits per heavy atom. The van der Waals surface area contributed by atoms with Crippen molar-refractivity contribution in [2.45, 2.75) is 18.6 Å². The maximum atomic E-state index is 13.2. The van der Waals surface area contributed by atoms with Crippen LogP contribution in [0.3, 0.4) is 0 Å². The number of methoxy groups -OCH3 is 4. The van der Waals surface area contributed by atoms with Gasteiger partial charge in [-0.15, -0.1) is 0 Å². The van der Waals surface area contributed by atoms with Crippen molar-refractivity contribution in [2.24, 2.45) is 0 Å². The summed E-state index contributed by atoms with van der Waals surface area (Å²) in [6.07, 6.45) is -0.750. The predicted octanol–water partition coefficient (Wildman–Crippen LogP) is 2.23. The van der Waals surface area contributed by atoms with Gasteiger partial charge in [-0.1, -0.05) is 18.2 Å². The van der Waals surface area contributed by atoms with E-state index in [0.29, 0.717) is 22.7 Å². The van der Waals surface area contributed by atoms with E-state index in [-0.39, 0.29) is 6.54 Å². The molecule has 9 nitrogen and oxygen atoms in total. The third-order valence-electron chi connectivity index (χ3n) is 5.13. The molecule has 2 atom stereocenters. The molecular weight excluding hydrogens is 404 g/mol. The molecule has 3 rings (SSSR count). The molecule has 1 fully saturated rings. The van der Waals surface area contributed by atoms with Gasteiger partial charge in [0.2, 0.25) is 5.91 Å². The number of nitrogens with zero attached hydrogens (tertiary/aromatic N) is 2. The number of rotatable bonds is 7. The smallest absolute Gasteiger partial charge is 0.414 e. The normalized spacial score (nSPS) is 17.4. The Labute approximate surface area is 180 Å². The van der Waals surface area contributed by atoms with E-state index in [1.165, 1.54) is 38.2 Å². The Hall–Kier alpha value is -3.75. The van der Waals surface area contributed by atoms with E-state index < -0.39 is 30.1 Å². The molecule has 164 valence electrons. The first-order chi connectivity index (χ1) is 15.0. The SMILES string of the molecule is COC(=O)C1C(N(C(=O)OC)c2ccccc2)C(=O)N1Cc1ccc(OC)cc1OC. The zero-order chi connectivity index (χ0) is 22.5. The van der Waals surface area contributed by atoms with Gasteiger partial charge in [-0.05, 0) is 24.3 Å². The molecule has 2 aromatic rings. The summed E-state index contributed by atoms with van der Waals surface area (Å²) in [7, 11) is 5.50. The van der Waals surface area contributed by atoms with Gasteiger partial charge in [0.15, 0.2) is 12.1 Å². The Balaban J connectivity index is 1.95. The monoisotopic (exact) mass is 428 g/mol. The first-order valence-corrected chi connectivity index (χ1v) is 9.48. The second-order valence-electron chi connectivity index (χ2n) is 6.73. The number of carbonyl (C=O) groups excluding carboxylic acids is 3. The molecule has 2 amide bonds. The molecule has 0 aliphatic carbocycles. The lowest BCUT2D eigenvalue weighted by Crippen LogP contribution is -2.74. The molecule has 2 aromatic carbocycles. The number of amides is 2. The van der Waals surface area contributed by atoms with Crippen LogP contribution >= 0.6 is 0 Å². The van der Waals surface area contributed by atoms with Gasteiger partial charge in [0.1, 0.15) is 11.5 Å². The maximum Gasteiger partial charge on any atom is 0.414 e. The van der Waals surface area contributed by atoms with E-state index in [1.807, 2.05) is 0 Å². The van der Waals surface area contributed by atoms with Crippen LogP contribution in [0.5, 0.6) is 11.5 Å². The van der Waals surface area contributed by atoms with Gasteiger partial charge in [0.05, 0.1) is 35.0 Å². The minimum atomic E-state index is -1.09. The molecule has 0 saturated carbocycles. The van der Waals surface area contributed by atoms with Crippen LogP contribution in [0.25, 0.3) is 0 Å². The number of hydrogen-bond donors (Lipinski definition) is 0. The summed E-state index contributed by atoms with van der Waals surface area (Å²) in [5.74, 6) is 0.0513. The molecule has 0 bridgehead atoms. The van der Waals surface area contributed by atoms with Crippen molar-refractivity contribution in [1.29, 1.82) is 0 Å². The van der Waals surface area contributed by atoms with Crippen LogP contribution in [-0.2, 0) is 25.6 Å².